The summed E-state index contributed by atoms with van der Waals surface area (Å²) in [6.45, 7) is 15.0. The largest absolute Gasteiger partial charge is 0.377 e. The van der Waals surface area contributed by atoms with E-state index in [4.69, 9.17) is 4.74 Å². The second-order valence-corrected chi connectivity index (χ2v) is 8.14. The second-order valence-electron chi connectivity index (χ2n) is 8.14. The van der Waals surface area contributed by atoms with E-state index in [1.54, 1.807) is 0 Å². The zero-order valence-electron chi connectivity index (χ0n) is 18.3. The summed E-state index contributed by atoms with van der Waals surface area (Å²) in [5.74, 6) is -0.399. The van der Waals surface area contributed by atoms with Crippen molar-refractivity contribution in [3.8, 4) is 0 Å². The third kappa shape index (κ3) is 4.54. The standard InChI is InChI=1S/C23H33N3O3/c1-6-24-9-11-25(12-10-24)21-20(19-8-7-17(4)15-18(19)5)22(27)26(23(21)28)13-14-29-16(2)3/h7-8,15-16H,6,9-14H2,1-5H3. The summed E-state index contributed by atoms with van der Waals surface area (Å²) in [6, 6.07) is 6.04. The Bertz CT molecular complexity index is 808. The molecule has 158 valence electrons. The maximum absolute atomic E-state index is 13.4. The summed E-state index contributed by atoms with van der Waals surface area (Å²) in [7, 11) is 0. The van der Waals surface area contributed by atoms with Crippen molar-refractivity contribution in [2.45, 2.75) is 40.7 Å². The molecule has 1 aromatic rings. The maximum Gasteiger partial charge on any atom is 0.277 e. The van der Waals surface area contributed by atoms with Crippen molar-refractivity contribution in [1.82, 2.24) is 14.7 Å². The SMILES string of the molecule is CCN1CCN(C2=C(c3ccc(C)cc3C)C(=O)N(CCOC(C)C)C2=O)CC1. The predicted molar refractivity (Wildman–Crippen MR) is 114 cm³/mol. The summed E-state index contributed by atoms with van der Waals surface area (Å²) in [5.41, 5.74) is 4.12. The van der Waals surface area contributed by atoms with Gasteiger partial charge in [0.2, 0.25) is 0 Å². The minimum Gasteiger partial charge on any atom is -0.377 e. The van der Waals surface area contributed by atoms with E-state index >= 15 is 0 Å². The third-order valence-corrected chi connectivity index (χ3v) is 5.70. The molecule has 2 heterocycles. The Morgan fingerprint density at radius 3 is 2.31 bits per heavy atom. The zero-order valence-corrected chi connectivity index (χ0v) is 18.3. The van der Waals surface area contributed by atoms with Gasteiger partial charge in [0.15, 0.2) is 0 Å². The van der Waals surface area contributed by atoms with Crippen LogP contribution in [0.25, 0.3) is 5.57 Å². The summed E-state index contributed by atoms with van der Waals surface area (Å²) in [6.07, 6.45) is 0.0659. The van der Waals surface area contributed by atoms with E-state index in [1.165, 1.54) is 4.90 Å². The summed E-state index contributed by atoms with van der Waals surface area (Å²) in [5, 5.41) is 0. The molecule has 0 aliphatic carbocycles. The quantitative estimate of drug-likeness (QED) is 0.659. The number of hydrogen-bond donors (Lipinski definition) is 0. The third-order valence-electron chi connectivity index (χ3n) is 5.70. The predicted octanol–water partition coefficient (Wildman–Crippen LogP) is 2.45. The molecule has 0 spiro atoms. The van der Waals surface area contributed by atoms with E-state index < -0.39 is 0 Å². The number of benzene rings is 1. The normalized spacial score (nSPS) is 18.6. The van der Waals surface area contributed by atoms with Gasteiger partial charge in [0.1, 0.15) is 5.70 Å². The monoisotopic (exact) mass is 399 g/mol. The van der Waals surface area contributed by atoms with Gasteiger partial charge >= 0.3 is 0 Å². The molecule has 0 aromatic heterocycles. The number of aryl methyl sites for hydroxylation is 2. The Labute approximate surface area is 174 Å². The van der Waals surface area contributed by atoms with Gasteiger partial charge in [-0.05, 0) is 45.4 Å². The van der Waals surface area contributed by atoms with Gasteiger partial charge in [0.25, 0.3) is 11.8 Å². The highest BCUT2D eigenvalue weighted by Gasteiger charge is 2.42. The van der Waals surface area contributed by atoms with Gasteiger partial charge in [0, 0.05) is 26.2 Å². The second kappa shape index (κ2) is 9.09. The van der Waals surface area contributed by atoms with Crippen LogP contribution in [0.5, 0.6) is 0 Å². The number of likely N-dealkylation sites (N-methyl/N-ethyl adjacent to an activating group) is 1. The smallest absolute Gasteiger partial charge is 0.277 e. The molecule has 29 heavy (non-hydrogen) atoms. The highest BCUT2D eigenvalue weighted by atomic mass is 16.5. The minimum absolute atomic E-state index is 0.0659. The van der Waals surface area contributed by atoms with Gasteiger partial charge in [-0.1, -0.05) is 30.7 Å². The van der Waals surface area contributed by atoms with Gasteiger partial charge in [-0.2, -0.15) is 0 Å². The van der Waals surface area contributed by atoms with Gasteiger partial charge in [-0.3, -0.25) is 14.5 Å². The van der Waals surface area contributed by atoms with E-state index in [1.807, 2.05) is 39.8 Å². The molecule has 2 amide bonds. The molecule has 1 fully saturated rings. The fraction of sp³-hybridized carbons (Fsp3) is 0.565. The van der Waals surface area contributed by atoms with E-state index in [9.17, 15) is 9.59 Å². The number of carbonyl (C=O) groups excluding carboxylic acids is 2. The van der Waals surface area contributed by atoms with E-state index in [0.29, 0.717) is 17.9 Å². The van der Waals surface area contributed by atoms with E-state index in [-0.39, 0.29) is 24.5 Å². The number of nitrogens with zero attached hydrogens (tertiary/aromatic N) is 3. The van der Waals surface area contributed by atoms with Gasteiger partial charge in [-0.25, -0.2) is 0 Å². The van der Waals surface area contributed by atoms with Crippen LogP contribution in [0, 0.1) is 13.8 Å². The van der Waals surface area contributed by atoms with Gasteiger partial charge in [0.05, 0.1) is 24.8 Å². The number of imide groups is 1. The maximum atomic E-state index is 13.4. The highest BCUT2D eigenvalue weighted by Crippen LogP contribution is 2.34. The first-order valence-corrected chi connectivity index (χ1v) is 10.6. The zero-order chi connectivity index (χ0) is 21.1. The number of rotatable bonds is 7. The minimum atomic E-state index is -0.206. The van der Waals surface area contributed by atoms with E-state index in [0.717, 1.165) is 49.4 Å². The van der Waals surface area contributed by atoms with Crippen molar-refractivity contribution in [3.63, 3.8) is 0 Å². The summed E-state index contributed by atoms with van der Waals surface area (Å²) < 4.78 is 5.61. The van der Waals surface area contributed by atoms with Crippen molar-refractivity contribution >= 4 is 17.4 Å². The molecule has 1 saturated heterocycles. The highest BCUT2D eigenvalue weighted by molar-refractivity contribution is 6.35. The lowest BCUT2D eigenvalue weighted by molar-refractivity contribution is -0.138. The topological polar surface area (TPSA) is 53.1 Å². The average Bonchev–Trinajstić information content (AvgIpc) is 2.92. The van der Waals surface area contributed by atoms with Crippen LogP contribution in [0.1, 0.15) is 37.5 Å². The number of piperazine rings is 1. The Balaban J connectivity index is 1.95. The molecule has 0 N–H and O–H groups in total. The van der Waals surface area contributed by atoms with Gasteiger partial charge < -0.3 is 14.5 Å². The van der Waals surface area contributed by atoms with Crippen LogP contribution >= 0.6 is 0 Å². The fourth-order valence-electron chi connectivity index (χ4n) is 4.06. The van der Waals surface area contributed by atoms with Crippen LogP contribution in [0.2, 0.25) is 0 Å². The molecule has 0 saturated carbocycles. The lowest BCUT2D eigenvalue weighted by Crippen LogP contribution is -2.47. The molecule has 0 bridgehead atoms. The van der Waals surface area contributed by atoms with E-state index in [2.05, 4.69) is 22.8 Å². The first-order chi connectivity index (χ1) is 13.8. The van der Waals surface area contributed by atoms with Crippen LogP contribution in [-0.2, 0) is 14.3 Å². The molecule has 0 unspecified atom stereocenters. The van der Waals surface area contributed by atoms with Crippen molar-refractivity contribution in [2.75, 3.05) is 45.9 Å². The fourth-order valence-corrected chi connectivity index (χ4v) is 4.06. The average molecular weight is 400 g/mol. The molecule has 6 nitrogen and oxygen atoms in total. The molecule has 2 aliphatic heterocycles. The van der Waals surface area contributed by atoms with Crippen LogP contribution < -0.4 is 0 Å². The number of ether oxygens (including phenoxy) is 1. The molecular formula is C23H33N3O3. The Hall–Kier alpha value is -2.18. The molecule has 2 aliphatic rings. The lowest BCUT2D eigenvalue weighted by Gasteiger charge is -2.36. The Morgan fingerprint density at radius 1 is 1.03 bits per heavy atom. The van der Waals surface area contributed by atoms with Crippen LogP contribution in [-0.4, -0.2) is 78.5 Å². The molecule has 6 heteroatoms. The van der Waals surface area contributed by atoms with Crippen molar-refractivity contribution in [2.24, 2.45) is 0 Å². The summed E-state index contributed by atoms with van der Waals surface area (Å²) >= 11 is 0. The molecule has 0 radical (unpaired) electrons. The van der Waals surface area contributed by atoms with Crippen LogP contribution in [0.4, 0.5) is 0 Å². The molecule has 1 aromatic carbocycles. The molecular weight excluding hydrogens is 366 g/mol. The van der Waals surface area contributed by atoms with Crippen LogP contribution in [0.3, 0.4) is 0 Å². The van der Waals surface area contributed by atoms with Crippen LogP contribution in [0.15, 0.2) is 23.9 Å². The Morgan fingerprint density at radius 2 is 1.72 bits per heavy atom. The molecule has 0 atom stereocenters. The Kier molecular flexibility index (Phi) is 6.75. The summed E-state index contributed by atoms with van der Waals surface area (Å²) in [4.78, 5) is 32.5. The number of amides is 2. The van der Waals surface area contributed by atoms with Crippen molar-refractivity contribution in [3.05, 3.63) is 40.6 Å². The first-order valence-electron chi connectivity index (χ1n) is 10.6. The lowest BCUT2D eigenvalue weighted by atomic mass is 9.97. The first kappa shape index (κ1) is 21.5. The number of carbonyl (C=O) groups is 2. The van der Waals surface area contributed by atoms with Crippen molar-refractivity contribution < 1.29 is 14.3 Å². The number of hydrogen-bond acceptors (Lipinski definition) is 5. The van der Waals surface area contributed by atoms with Crippen molar-refractivity contribution in [1.29, 1.82) is 0 Å². The molecule has 3 rings (SSSR count). The van der Waals surface area contributed by atoms with Gasteiger partial charge in [-0.15, -0.1) is 0 Å².